The van der Waals surface area contributed by atoms with Crippen molar-refractivity contribution in [2.24, 2.45) is 0 Å². The zero-order valence-corrected chi connectivity index (χ0v) is 12.2. The lowest BCUT2D eigenvalue weighted by atomic mass is 9.94. The summed E-state index contributed by atoms with van der Waals surface area (Å²) >= 11 is 0. The summed E-state index contributed by atoms with van der Waals surface area (Å²) in [4.78, 5) is 11.9. The number of ether oxygens (including phenoxy) is 1. The van der Waals surface area contributed by atoms with Gasteiger partial charge in [0.1, 0.15) is 12.4 Å². The molecule has 2 N–H and O–H groups in total. The molecule has 0 saturated carbocycles. The van der Waals surface area contributed by atoms with Crippen molar-refractivity contribution in [2.75, 3.05) is 0 Å². The van der Waals surface area contributed by atoms with E-state index in [0.717, 1.165) is 11.1 Å². The molecule has 2 aromatic carbocycles. The molecule has 0 bridgehead atoms. The number of carbonyl (C=O) groups excluding carboxylic acids is 1. The van der Waals surface area contributed by atoms with Crippen LogP contribution in [-0.4, -0.2) is 11.2 Å². The van der Waals surface area contributed by atoms with Crippen molar-refractivity contribution in [1.29, 1.82) is 0 Å². The van der Waals surface area contributed by atoms with Gasteiger partial charge in [-0.2, -0.15) is 0 Å². The van der Waals surface area contributed by atoms with E-state index >= 15 is 0 Å². The predicted octanol–water partition coefficient (Wildman–Crippen LogP) is 3.55. The minimum atomic E-state index is -0.582. The van der Waals surface area contributed by atoms with Crippen molar-refractivity contribution in [2.45, 2.75) is 26.0 Å². The Morgan fingerprint density at radius 3 is 2.33 bits per heavy atom. The number of nitrogens with one attached hydrogen (secondary N) is 1. The third-order valence-corrected chi connectivity index (χ3v) is 3.22. The first-order chi connectivity index (χ1) is 9.97. The van der Waals surface area contributed by atoms with Gasteiger partial charge in [-0.3, -0.25) is 0 Å². The standard InChI is InChI=1S/C17H19NO3/c1-17(2,14-8-10-15(19)11-9-14)18-16(20)21-12-13-6-4-3-5-7-13/h3-11,19H,12H2,1-2H3,(H,18,20). The second kappa shape index (κ2) is 6.31. The zero-order valence-electron chi connectivity index (χ0n) is 12.2. The van der Waals surface area contributed by atoms with Gasteiger partial charge in [0.15, 0.2) is 0 Å². The first-order valence-electron chi connectivity index (χ1n) is 6.76. The van der Waals surface area contributed by atoms with Crippen molar-refractivity contribution in [3.63, 3.8) is 0 Å². The molecule has 2 rings (SSSR count). The molecule has 4 nitrogen and oxygen atoms in total. The molecule has 0 unspecified atom stereocenters. The number of benzene rings is 2. The van der Waals surface area contributed by atoms with Crippen LogP contribution in [0.25, 0.3) is 0 Å². The van der Waals surface area contributed by atoms with Gasteiger partial charge in [-0.05, 0) is 37.1 Å². The number of hydrogen-bond acceptors (Lipinski definition) is 3. The van der Waals surface area contributed by atoms with Crippen LogP contribution in [-0.2, 0) is 16.9 Å². The van der Waals surface area contributed by atoms with E-state index in [4.69, 9.17) is 4.74 Å². The Morgan fingerprint density at radius 2 is 1.71 bits per heavy atom. The van der Waals surface area contributed by atoms with Crippen molar-refractivity contribution in [1.82, 2.24) is 5.32 Å². The molecule has 0 aromatic heterocycles. The van der Waals surface area contributed by atoms with E-state index in [9.17, 15) is 9.90 Å². The molecular weight excluding hydrogens is 266 g/mol. The molecule has 21 heavy (non-hydrogen) atoms. The summed E-state index contributed by atoms with van der Waals surface area (Å²) in [6, 6.07) is 16.2. The molecule has 0 radical (unpaired) electrons. The van der Waals surface area contributed by atoms with Gasteiger partial charge in [-0.1, -0.05) is 42.5 Å². The van der Waals surface area contributed by atoms with Crippen LogP contribution in [0.4, 0.5) is 4.79 Å². The number of phenolic OH excluding ortho intramolecular Hbond substituents is 1. The van der Waals surface area contributed by atoms with Crippen LogP contribution in [0.15, 0.2) is 54.6 Å². The SMILES string of the molecule is CC(C)(NC(=O)OCc1ccccc1)c1ccc(O)cc1. The quantitative estimate of drug-likeness (QED) is 0.903. The molecule has 0 aliphatic heterocycles. The fourth-order valence-corrected chi connectivity index (χ4v) is 1.96. The number of aromatic hydroxyl groups is 1. The predicted molar refractivity (Wildman–Crippen MR) is 80.9 cm³/mol. The Labute approximate surface area is 124 Å². The Bertz CT molecular complexity index is 591. The summed E-state index contributed by atoms with van der Waals surface area (Å²) in [6.45, 7) is 3.99. The Balaban J connectivity index is 1.93. The van der Waals surface area contributed by atoms with E-state index in [1.807, 2.05) is 44.2 Å². The maximum Gasteiger partial charge on any atom is 0.408 e. The van der Waals surface area contributed by atoms with Gasteiger partial charge >= 0.3 is 6.09 Å². The Hall–Kier alpha value is -2.49. The summed E-state index contributed by atoms with van der Waals surface area (Å²) in [5.41, 5.74) is 1.24. The van der Waals surface area contributed by atoms with E-state index < -0.39 is 11.6 Å². The third-order valence-electron chi connectivity index (χ3n) is 3.22. The zero-order chi connectivity index (χ0) is 15.3. The average molecular weight is 285 g/mol. The van der Waals surface area contributed by atoms with E-state index in [1.165, 1.54) is 0 Å². The van der Waals surface area contributed by atoms with Crippen molar-refractivity contribution >= 4 is 6.09 Å². The monoisotopic (exact) mass is 285 g/mol. The number of rotatable bonds is 4. The summed E-state index contributed by atoms with van der Waals surface area (Å²) in [5, 5.41) is 12.1. The van der Waals surface area contributed by atoms with Crippen LogP contribution in [0.5, 0.6) is 5.75 Å². The minimum Gasteiger partial charge on any atom is -0.508 e. The summed E-state index contributed by atoms with van der Waals surface area (Å²) in [5.74, 6) is 0.196. The van der Waals surface area contributed by atoms with Crippen LogP contribution >= 0.6 is 0 Å². The van der Waals surface area contributed by atoms with E-state index in [-0.39, 0.29) is 12.4 Å². The molecule has 0 fully saturated rings. The second-order valence-electron chi connectivity index (χ2n) is 5.36. The smallest absolute Gasteiger partial charge is 0.408 e. The van der Waals surface area contributed by atoms with Gasteiger partial charge in [-0.25, -0.2) is 4.79 Å². The molecular formula is C17H19NO3. The van der Waals surface area contributed by atoms with E-state index in [1.54, 1.807) is 24.3 Å². The molecule has 0 aliphatic carbocycles. The van der Waals surface area contributed by atoms with Crippen LogP contribution in [0.3, 0.4) is 0 Å². The highest BCUT2D eigenvalue weighted by Crippen LogP contribution is 2.22. The highest BCUT2D eigenvalue weighted by molar-refractivity contribution is 5.68. The molecule has 0 saturated heterocycles. The fourth-order valence-electron chi connectivity index (χ4n) is 1.96. The number of amides is 1. The lowest BCUT2D eigenvalue weighted by molar-refractivity contribution is 0.129. The van der Waals surface area contributed by atoms with Crippen LogP contribution < -0.4 is 5.32 Å². The van der Waals surface area contributed by atoms with Gasteiger partial charge in [-0.15, -0.1) is 0 Å². The van der Waals surface area contributed by atoms with Crippen molar-refractivity contribution < 1.29 is 14.6 Å². The number of carbonyl (C=O) groups is 1. The molecule has 4 heteroatoms. The minimum absolute atomic E-state index is 0.196. The average Bonchev–Trinajstić information content (AvgIpc) is 2.46. The third kappa shape index (κ3) is 4.24. The van der Waals surface area contributed by atoms with Gasteiger partial charge in [0.25, 0.3) is 0 Å². The van der Waals surface area contributed by atoms with Gasteiger partial charge in [0, 0.05) is 0 Å². The van der Waals surface area contributed by atoms with Crippen LogP contribution in [0, 0.1) is 0 Å². The molecule has 1 amide bonds. The molecule has 110 valence electrons. The lowest BCUT2D eigenvalue weighted by Gasteiger charge is -2.26. The van der Waals surface area contributed by atoms with Crippen molar-refractivity contribution in [3.8, 4) is 5.75 Å². The first kappa shape index (κ1) is 14.9. The number of alkyl carbamates (subject to hydrolysis) is 1. The molecule has 0 aliphatic rings. The fraction of sp³-hybridized carbons (Fsp3) is 0.235. The van der Waals surface area contributed by atoms with E-state index in [2.05, 4.69) is 5.32 Å². The normalized spacial score (nSPS) is 11.0. The van der Waals surface area contributed by atoms with Crippen molar-refractivity contribution in [3.05, 3.63) is 65.7 Å². The molecule has 0 atom stereocenters. The van der Waals surface area contributed by atoms with Gasteiger partial charge < -0.3 is 15.2 Å². The largest absolute Gasteiger partial charge is 0.508 e. The first-order valence-corrected chi connectivity index (χ1v) is 6.76. The maximum absolute atomic E-state index is 11.9. The summed E-state index contributed by atoms with van der Waals surface area (Å²) in [7, 11) is 0. The second-order valence-corrected chi connectivity index (χ2v) is 5.36. The summed E-state index contributed by atoms with van der Waals surface area (Å²) in [6.07, 6.45) is -0.475. The van der Waals surface area contributed by atoms with E-state index in [0.29, 0.717) is 0 Å². The van der Waals surface area contributed by atoms with Gasteiger partial charge in [0.05, 0.1) is 5.54 Å². The summed E-state index contributed by atoms with van der Waals surface area (Å²) < 4.78 is 5.21. The molecule has 2 aromatic rings. The number of phenols is 1. The Kier molecular flexibility index (Phi) is 4.48. The van der Waals surface area contributed by atoms with Crippen LogP contribution in [0.1, 0.15) is 25.0 Å². The maximum atomic E-state index is 11.9. The Morgan fingerprint density at radius 1 is 1.10 bits per heavy atom. The lowest BCUT2D eigenvalue weighted by Crippen LogP contribution is -2.41. The van der Waals surface area contributed by atoms with Gasteiger partial charge in [0.2, 0.25) is 0 Å². The highest BCUT2D eigenvalue weighted by atomic mass is 16.5. The number of hydrogen-bond donors (Lipinski definition) is 2. The van der Waals surface area contributed by atoms with Crippen LogP contribution in [0.2, 0.25) is 0 Å². The molecule has 0 heterocycles. The topological polar surface area (TPSA) is 58.6 Å². The highest BCUT2D eigenvalue weighted by Gasteiger charge is 2.23. The molecule has 0 spiro atoms.